The van der Waals surface area contributed by atoms with Crippen LogP contribution in [-0.2, 0) is 26.4 Å². The van der Waals surface area contributed by atoms with Gasteiger partial charge in [0.15, 0.2) is 0 Å². The van der Waals surface area contributed by atoms with Crippen LogP contribution in [0.3, 0.4) is 0 Å². The fourth-order valence-electron chi connectivity index (χ4n) is 3.70. The van der Waals surface area contributed by atoms with E-state index in [1.165, 1.54) is 42.6 Å². The Hall–Kier alpha value is -0.870. The van der Waals surface area contributed by atoms with E-state index < -0.39 is 0 Å². The van der Waals surface area contributed by atoms with Gasteiger partial charge in [0.1, 0.15) is 0 Å². The van der Waals surface area contributed by atoms with Crippen LogP contribution in [-0.4, -0.2) is 27.5 Å². The van der Waals surface area contributed by atoms with Gasteiger partial charge < -0.3 is 10.4 Å². The van der Waals surface area contributed by atoms with Gasteiger partial charge in [-0.3, -0.25) is 4.68 Å². The van der Waals surface area contributed by atoms with Crippen molar-refractivity contribution in [1.82, 2.24) is 15.1 Å². The van der Waals surface area contributed by atoms with Crippen LogP contribution in [0.4, 0.5) is 0 Å². The van der Waals surface area contributed by atoms with Crippen molar-refractivity contribution in [3.05, 3.63) is 17.0 Å². The molecule has 1 aliphatic rings. The summed E-state index contributed by atoms with van der Waals surface area (Å²) >= 11 is 0. The number of nitrogens with zero attached hydrogens (tertiary/aromatic N) is 2. The lowest BCUT2D eigenvalue weighted by Crippen LogP contribution is -2.37. The Kier molecular flexibility index (Phi) is 6.24. The molecule has 120 valence electrons. The average molecular weight is 293 g/mol. The summed E-state index contributed by atoms with van der Waals surface area (Å²) < 4.78 is 2.03. The molecule has 4 nitrogen and oxygen atoms in total. The summed E-state index contributed by atoms with van der Waals surface area (Å²) in [6.07, 6.45) is 8.20. The van der Waals surface area contributed by atoms with Gasteiger partial charge in [-0.2, -0.15) is 5.10 Å². The maximum Gasteiger partial charge on any atom is 0.0669 e. The first-order valence-electron chi connectivity index (χ1n) is 8.59. The van der Waals surface area contributed by atoms with Crippen LogP contribution < -0.4 is 5.32 Å². The minimum atomic E-state index is 0.311. The molecule has 1 fully saturated rings. The van der Waals surface area contributed by atoms with Gasteiger partial charge in [-0.15, -0.1) is 0 Å². The molecule has 0 amide bonds. The zero-order valence-corrected chi connectivity index (χ0v) is 13.9. The monoisotopic (exact) mass is 293 g/mol. The highest BCUT2D eigenvalue weighted by atomic mass is 16.3. The van der Waals surface area contributed by atoms with Gasteiger partial charge in [0.2, 0.25) is 0 Å². The number of aliphatic hydroxyl groups is 1. The van der Waals surface area contributed by atoms with Gasteiger partial charge >= 0.3 is 0 Å². The second-order valence-corrected chi connectivity index (χ2v) is 6.27. The minimum Gasteiger partial charge on any atom is -0.396 e. The molecule has 0 bridgehead atoms. The highest BCUT2D eigenvalue weighted by molar-refractivity contribution is 5.26. The number of aryl methyl sites for hydroxylation is 2. The van der Waals surface area contributed by atoms with Gasteiger partial charge in [-0.25, -0.2) is 0 Å². The summed E-state index contributed by atoms with van der Waals surface area (Å²) in [6, 6.07) is 0.451. The molecular formula is C17H31N3O. The number of hydrogen-bond donors (Lipinski definition) is 2. The molecule has 0 radical (unpaired) electrons. The van der Waals surface area contributed by atoms with Crippen molar-refractivity contribution in [2.24, 2.45) is 13.0 Å². The molecule has 1 aromatic rings. The van der Waals surface area contributed by atoms with Gasteiger partial charge in [0.05, 0.1) is 5.69 Å². The molecule has 0 aliphatic heterocycles. The molecular weight excluding hydrogens is 262 g/mol. The van der Waals surface area contributed by atoms with E-state index in [1.54, 1.807) is 0 Å². The maximum absolute atomic E-state index is 9.63. The number of nitrogens with one attached hydrogen (secondary N) is 1. The van der Waals surface area contributed by atoms with Crippen LogP contribution >= 0.6 is 0 Å². The minimum absolute atomic E-state index is 0.311. The lowest BCUT2D eigenvalue weighted by atomic mass is 9.95. The molecule has 0 spiro atoms. The van der Waals surface area contributed by atoms with Crippen molar-refractivity contribution in [2.75, 3.05) is 6.61 Å². The summed E-state index contributed by atoms with van der Waals surface area (Å²) in [6.45, 7) is 5.57. The molecule has 1 heterocycles. The number of rotatable bonds is 6. The molecule has 1 aliphatic carbocycles. The van der Waals surface area contributed by atoms with Crippen LogP contribution in [0.25, 0.3) is 0 Å². The smallest absolute Gasteiger partial charge is 0.0669 e. The molecule has 21 heavy (non-hydrogen) atoms. The fourth-order valence-corrected chi connectivity index (χ4v) is 3.70. The highest BCUT2D eigenvalue weighted by Gasteiger charge is 2.23. The van der Waals surface area contributed by atoms with E-state index in [-0.39, 0.29) is 0 Å². The molecule has 0 aromatic carbocycles. The Balaban J connectivity index is 2.07. The van der Waals surface area contributed by atoms with E-state index in [1.807, 2.05) is 11.7 Å². The highest BCUT2D eigenvalue weighted by Crippen LogP contribution is 2.24. The van der Waals surface area contributed by atoms with Crippen LogP contribution in [0, 0.1) is 5.92 Å². The van der Waals surface area contributed by atoms with Crippen molar-refractivity contribution in [3.8, 4) is 0 Å². The number of aromatic nitrogens is 2. The van der Waals surface area contributed by atoms with E-state index in [0.29, 0.717) is 18.6 Å². The summed E-state index contributed by atoms with van der Waals surface area (Å²) in [7, 11) is 2.05. The predicted molar refractivity (Wildman–Crippen MR) is 86.3 cm³/mol. The molecule has 2 N–H and O–H groups in total. The van der Waals surface area contributed by atoms with E-state index >= 15 is 0 Å². The third kappa shape index (κ3) is 3.86. The SMILES string of the molecule is CCc1nn(C)c(CC)c1CN[C@H]1CCCCC[C@H]1CO. The molecule has 0 unspecified atom stereocenters. The number of aliphatic hydroxyl groups excluding tert-OH is 1. The van der Waals surface area contributed by atoms with Crippen molar-refractivity contribution in [2.45, 2.75) is 71.4 Å². The first-order valence-corrected chi connectivity index (χ1v) is 8.59. The van der Waals surface area contributed by atoms with E-state index in [9.17, 15) is 5.11 Å². The second-order valence-electron chi connectivity index (χ2n) is 6.27. The van der Waals surface area contributed by atoms with Crippen LogP contribution in [0.15, 0.2) is 0 Å². The normalized spacial score (nSPS) is 23.2. The van der Waals surface area contributed by atoms with E-state index in [4.69, 9.17) is 0 Å². The predicted octanol–water partition coefficient (Wildman–Crippen LogP) is 2.58. The van der Waals surface area contributed by atoms with Gasteiger partial charge in [0.25, 0.3) is 0 Å². The van der Waals surface area contributed by atoms with Crippen molar-refractivity contribution in [1.29, 1.82) is 0 Å². The Morgan fingerprint density at radius 2 is 1.95 bits per heavy atom. The Morgan fingerprint density at radius 1 is 1.19 bits per heavy atom. The summed E-state index contributed by atoms with van der Waals surface area (Å²) in [4.78, 5) is 0. The van der Waals surface area contributed by atoms with E-state index in [2.05, 4.69) is 24.3 Å². The second kappa shape index (κ2) is 7.95. The molecule has 2 rings (SSSR count). The Bertz CT molecular complexity index is 441. The average Bonchev–Trinajstić information content (AvgIpc) is 2.66. The van der Waals surface area contributed by atoms with Crippen LogP contribution in [0.5, 0.6) is 0 Å². The topological polar surface area (TPSA) is 50.1 Å². The van der Waals surface area contributed by atoms with Crippen molar-refractivity contribution < 1.29 is 5.11 Å². The van der Waals surface area contributed by atoms with Gasteiger partial charge in [0, 0.05) is 37.5 Å². The first kappa shape index (κ1) is 16.5. The fraction of sp³-hybridized carbons (Fsp3) is 0.824. The molecule has 1 aromatic heterocycles. The third-order valence-electron chi connectivity index (χ3n) is 4.96. The standard InChI is InChI=1S/C17H31N3O/c1-4-15-14(17(5-2)20(3)19-15)11-18-16-10-8-6-7-9-13(16)12-21/h13,16,18,21H,4-12H2,1-3H3/t13-,16-/m0/s1. The quantitative estimate of drug-likeness (QED) is 0.793. The lowest BCUT2D eigenvalue weighted by Gasteiger charge is -2.25. The van der Waals surface area contributed by atoms with Crippen molar-refractivity contribution >= 4 is 0 Å². The van der Waals surface area contributed by atoms with Crippen LogP contribution in [0.1, 0.15) is 62.9 Å². The van der Waals surface area contributed by atoms with Gasteiger partial charge in [-0.05, 0) is 31.6 Å². The van der Waals surface area contributed by atoms with E-state index in [0.717, 1.165) is 25.8 Å². The molecule has 4 heteroatoms. The Labute approximate surface area is 128 Å². The lowest BCUT2D eigenvalue weighted by molar-refractivity contribution is 0.181. The first-order chi connectivity index (χ1) is 10.2. The number of hydrogen-bond acceptors (Lipinski definition) is 3. The Morgan fingerprint density at radius 3 is 2.62 bits per heavy atom. The largest absolute Gasteiger partial charge is 0.396 e. The molecule has 0 saturated heterocycles. The van der Waals surface area contributed by atoms with Crippen LogP contribution in [0.2, 0.25) is 0 Å². The zero-order valence-electron chi connectivity index (χ0n) is 13.9. The molecule has 1 saturated carbocycles. The van der Waals surface area contributed by atoms with Crippen molar-refractivity contribution in [3.63, 3.8) is 0 Å². The maximum atomic E-state index is 9.63. The van der Waals surface area contributed by atoms with Gasteiger partial charge in [-0.1, -0.05) is 33.1 Å². The molecule has 2 atom stereocenters. The summed E-state index contributed by atoms with van der Waals surface area (Å²) in [5.74, 6) is 0.416. The zero-order chi connectivity index (χ0) is 15.2. The summed E-state index contributed by atoms with van der Waals surface area (Å²) in [5.41, 5.74) is 3.94. The third-order valence-corrected chi connectivity index (χ3v) is 4.96. The summed E-state index contributed by atoms with van der Waals surface area (Å²) in [5, 5.41) is 18.0.